The van der Waals surface area contributed by atoms with Gasteiger partial charge in [0.2, 0.25) is 5.91 Å². The number of methoxy groups -OCH3 is 1. The van der Waals surface area contributed by atoms with E-state index in [4.69, 9.17) is 10.5 Å². The number of anilines is 3. The molecule has 0 aliphatic heterocycles. The molecule has 1 aromatic carbocycles. The Morgan fingerprint density at radius 1 is 1.08 bits per heavy atom. The van der Waals surface area contributed by atoms with Crippen LogP contribution in [0.4, 0.5) is 17.2 Å². The van der Waals surface area contributed by atoms with Gasteiger partial charge in [0.05, 0.1) is 30.0 Å². The summed E-state index contributed by atoms with van der Waals surface area (Å²) in [6, 6.07) is 6.96. The zero-order valence-electron chi connectivity index (χ0n) is 20.4. The fourth-order valence-electron chi connectivity index (χ4n) is 4.73. The van der Waals surface area contributed by atoms with E-state index in [1.54, 1.807) is 16.9 Å². The summed E-state index contributed by atoms with van der Waals surface area (Å²) in [4.78, 5) is 24.2. The highest BCUT2D eigenvalue weighted by Gasteiger charge is 2.52. The molecule has 2 aromatic heterocycles. The molecule has 37 heavy (non-hydrogen) atoms. The van der Waals surface area contributed by atoms with Gasteiger partial charge in [-0.15, -0.1) is 10.2 Å². The number of carbonyl (C=O) groups excluding carboxylic acids is 2. The number of aromatic nitrogens is 4. The van der Waals surface area contributed by atoms with Crippen LogP contribution in [0.15, 0.2) is 36.7 Å². The minimum absolute atomic E-state index is 0.0140. The maximum atomic E-state index is 13.9. The van der Waals surface area contributed by atoms with Gasteiger partial charge in [0.15, 0.2) is 17.3 Å². The van der Waals surface area contributed by atoms with Gasteiger partial charge in [-0.05, 0) is 50.7 Å². The van der Waals surface area contributed by atoms with Crippen molar-refractivity contribution in [3.05, 3.63) is 42.4 Å². The molecule has 3 aliphatic rings. The van der Waals surface area contributed by atoms with Crippen LogP contribution in [0.3, 0.4) is 0 Å². The van der Waals surface area contributed by atoms with E-state index in [1.165, 1.54) is 13.2 Å². The molecule has 2 amide bonds. The number of primary amides is 1. The van der Waals surface area contributed by atoms with Crippen molar-refractivity contribution < 1.29 is 18.9 Å². The molecule has 3 saturated carbocycles. The first-order valence-corrected chi connectivity index (χ1v) is 14.3. The lowest BCUT2D eigenvalue weighted by atomic mass is 10.2. The van der Waals surface area contributed by atoms with E-state index in [9.17, 15) is 14.2 Å². The van der Waals surface area contributed by atoms with E-state index in [0.29, 0.717) is 17.1 Å². The SMILES string of the molecule is COc1c(Nc2cc(NC(=O)C3CC3)nnc2C(N)=O)cccc1-n1cc(P(=O)(C2CC2)C2CC2)cn1. The summed E-state index contributed by atoms with van der Waals surface area (Å²) in [5, 5.41) is 19.1. The van der Waals surface area contributed by atoms with Gasteiger partial charge in [0, 0.05) is 29.5 Å². The van der Waals surface area contributed by atoms with Crippen LogP contribution >= 0.6 is 7.14 Å². The molecule has 3 fully saturated rings. The van der Waals surface area contributed by atoms with Gasteiger partial charge in [-0.25, -0.2) is 4.68 Å². The van der Waals surface area contributed by atoms with Gasteiger partial charge in [-0.3, -0.25) is 9.59 Å². The van der Waals surface area contributed by atoms with Crippen LogP contribution in [0.1, 0.15) is 49.0 Å². The molecule has 0 saturated heterocycles. The zero-order valence-corrected chi connectivity index (χ0v) is 21.3. The minimum Gasteiger partial charge on any atom is -0.492 e. The highest BCUT2D eigenvalue weighted by Crippen LogP contribution is 2.69. The number of rotatable bonds is 10. The van der Waals surface area contributed by atoms with Gasteiger partial charge in [-0.1, -0.05) is 6.07 Å². The fourth-order valence-corrected chi connectivity index (χ4v) is 8.52. The number of benzene rings is 1. The van der Waals surface area contributed by atoms with E-state index < -0.39 is 13.0 Å². The highest BCUT2D eigenvalue weighted by molar-refractivity contribution is 7.73. The Labute approximate surface area is 213 Å². The molecule has 0 radical (unpaired) electrons. The van der Waals surface area contributed by atoms with E-state index in [1.807, 2.05) is 18.3 Å². The van der Waals surface area contributed by atoms with Gasteiger partial charge in [0.1, 0.15) is 12.8 Å². The summed E-state index contributed by atoms with van der Waals surface area (Å²) in [5.74, 6) is -0.235. The molecule has 3 aliphatic carbocycles. The zero-order chi connectivity index (χ0) is 25.7. The summed E-state index contributed by atoms with van der Waals surface area (Å²) in [7, 11) is -0.925. The Morgan fingerprint density at radius 2 is 1.81 bits per heavy atom. The predicted molar refractivity (Wildman–Crippen MR) is 139 cm³/mol. The van der Waals surface area contributed by atoms with E-state index in [-0.39, 0.29) is 40.3 Å². The first-order chi connectivity index (χ1) is 17.9. The Morgan fingerprint density at radius 3 is 2.43 bits per heavy atom. The van der Waals surface area contributed by atoms with Crippen LogP contribution in [-0.2, 0) is 9.36 Å². The molecule has 4 N–H and O–H groups in total. The molecule has 192 valence electrons. The largest absolute Gasteiger partial charge is 0.492 e. The molecule has 0 atom stereocenters. The first-order valence-electron chi connectivity index (χ1n) is 12.5. The Bertz CT molecular complexity index is 1430. The third-order valence-electron chi connectivity index (χ3n) is 7.09. The van der Waals surface area contributed by atoms with E-state index >= 15 is 0 Å². The lowest BCUT2D eigenvalue weighted by Crippen LogP contribution is -2.19. The van der Waals surface area contributed by atoms with Crippen molar-refractivity contribution in [3.63, 3.8) is 0 Å². The Kier molecular flexibility index (Phi) is 5.75. The predicted octanol–water partition coefficient (Wildman–Crippen LogP) is 3.18. The third-order valence-corrected chi connectivity index (χ3v) is 11.3. The average Bonchev–Trinajstić information content (AvgIpc) is 3.74. The third kappa shape index (κ3) is 4.48. The van der Waals surface area contributed by atoms with Gasteiger partial charge in [-0.2, -0.15) is 5.10 Å². The first kappa shape index (κ1) is 23.7. The standard InChI is InChI=1S/C25H28N7O4P/c1-36-23-18(28-19-11-21(29-25(34)14-5-6-14)30-31-22(19)24(26)33)3-2-4-20(23)32-13-17(12-27-32)37(35,15-7-8-15)16-9-10-16/h2-4,11-16H,5-10H2,1H3,(H2,26,33)(H2,28,29,30,34). The van der Waals surface area contributed by atoms with Crippen molar-refractivity contribution in [2.75, 3.05) is 17.7 Å². The molecule has 2 heterocycles. The molecule has 0 unspecified atom stereocenters. The number of nitrogens with two attached hydrogens (primary N) is 1. The number of nitrogens with one attached hydrogen (secondary N) is 2. The quantitative estimate of drug-likeness (QED) is 0.344. The number of carbonyl (C=O) groups is 2. The molecular weight excluding hydrogens is 493 g/mol. The van der Waals surface area contributed by atoms with Crippen LogP contribution in [0.25, 0.3) is 5.69 Å². The molecular formula is C25H28N7O4P. The molecule has 11 nitrogen and oxygen atoms in total. The maximum absolute atomic E-state index is 13.9. The minimum atomic E-state index is -2.46. The Hall–Kier alpha value is -3.72. The van der Waals surface area contributed by atoms with Crippen LogP contribution in [-0.4, -0.2) is 50.2 Å². The van der Waals surface area contributed by atoms with Crippen LogP contribution in [0.5, 0.6) is 5.75 Å². The monoisotopic (exact) mass is 521 g/mol. The van der Waals surface area contributed by atoms with Crippen LogP contribution in [0.2, 0.25) is 0 Å². The smallest absolute Gasteiger partial charge is 0.271 e. The molecule has 12 heteroatoms. The van der Waals surface area contributed by atoms with Crippen LogP contribution < -0.4 is 26.4 Å². The number of hydrogen-bond acceptors (Lipinski definition) is 8. The Balaban J connectivity index is 1.33. The van der Waals surface area contributed by atoms with Crippen molar-refractivity contribution in [1.29, 1.82) is 0 Å². The van der Waals surface area contributed by atoms with Crippen molar-refractivity contribution in [1.82, 2.24) is 20.0 Å². The van der Waals surface area contributed by atoms with Gasteiger partial charge < -0.3 is 25.7 Å². The summed E-state index contributed by atoms with van der Waals surface area (Å²) in [6.07, 6.45) is 9.36. The van der Waals surface area contributed by atoms with E-state index in [0.717, 1.165) is 43.8 Å². The van der Waals surface area contributed by atoms with Crippen LogP contribution in [0, 0.1) is 5.92 Å². The van der Waals surface area contributed by atoms with Crippen molar-refractivity contribution in [3.8, 4) is 11.4 Å². The number of nitrogens with zero attached hydrogens (tertiary/aromatic N) is 4. The lowest BCUT2D eigenvalue weighted by Gasteiger charge is -2.17. The summed E-state index contributed by atoms with van der Waals surface area (Å²) in [5.41, 5.74) is 7.47. The average molecular weight is 522 g/mol. The van der Waals surface area contributed by atoms with E-state index in [2.05, 4.69) is 25.9 Å². The molecule has 0 bridgehead atoms. The number of para-hydroxylation sites is 1. The molecule has 6 rings (SSSR count). The second kappa shape index (κ2) is 8.99. The second-order valence-corrected chi connectivity index (χ2v) is 13.3. The van der Waals surface area contributed by atoms with Crippen molar-refractivity contribution in [2.24, 2.45) is 11.7 Å². The van der Waals surface area contributed by atoms with Gasteiger partial charge >= 0.3 is 0 Å². The number of hydrogen-bond donors (Lipinski definition) is 3. The van der Waals surface area contributed by atoms with Crippen molar-refractivity contribution >= 4 is 41.5 Å². The summed E-state index contributed by atoms with van der Waals surface area (Å²) >= 11 is 0. The molecule has 0 spiro atoms. The summed E-state index contributed by atoms with van der Waals surface area (Å²) < 4.78 is 21.3. The summed E-state index contributed by atoms with van der Waals surface area (Å²) in [6.45, 7) is 0. The number of amides is 2. The topological polar surface area (TPSA) is 154 Å². The second-order valence-electron chi connectivity index (χ2n) is 9.92. The van der Waals surface area contributed by atoms with Crippen molar-refractivity contribution in [2.45, 2.75) is 49.8 Å². The van der Waals surface area contributed by atoms with Gasteiger partial charge in [0.25, 0.3) is 5.91 Å². The fraction of sp³-hybridized carbons (Fsp3) is 0.400. The number of ether oxygens (including phenoxy) is 1. The normalized spacial score (nSPS) is 17.3. The highest BCUT2D eigenvalue weighted by atomic mass is 31.2. The maximum Gasteiger partial charge on any atom is 0.271 e. The molecule has 3 aromatic rings. The lowest BCUT2D eigenvalue weighted by molar-refractivity contribution is -0.117.